The summed E-state index contributed by atoms with van der Waals surface area (Å²) in [5, 5.41) is 2.15. The van der Waals surface area contributed by atoms with Crippen LogP contribution in [-0.2, 0) is 25.5 Å². The number of imidazole rings is 1. The third-order valence-corrected chi connectivity index (χ3v) is 11.5. The second-order valence-electron chi connectivity index (χ2n) is 17.7. The summed E-state index contributed by atoms with van der Waals surface area (Å²) in [6.07, 6.45) is 1.72. The van der Waals surface area contributed by atoms with Crippen LogP contribution in [-0.4, -0.2) is 19.5 Å². The largest absolute Gasteiger partial charge is 0.501 e. The van der Waals surface area contributed by atoms with E-state index < -0.39 is 6.85 Å². The molecule has 0 N–H and O–H groups in total. The molecule has 0 aliphatic carbocycles. The predicted octanol–water partition coefficient (Wildman–Crippen LogP) is 15.5. The maximum atomic E-state index is 7.35. The molecule has 5 nitrogen and oxygen atoms in total. The van der Waals surface area contributed by atoms with Gasteiger partial charge in [-0.3, -0.25) is 15.0 Å². The molecular formula is C58H52IrN4O-2. The number of aryl methyl sites for hydroxylation is 1. The number of rotatable bonds is 7. The second kappa shape index (κ2) is 18.3. The number of fused-ring (bicyclic) bond motifs is 4. The van der Waals surface area contributed by atoms with Crippen molar-refractivity contribution in [3.63, 3.8) is 0 Å². The molecule has 6 heteroatoms. The van der Waals surface area contributed by atoms with Crippen molar-refractivity contribution in [3.05, 3.63) is 192 Å². The number of hydrogen-bond donors (Lipinski definition) is 0. The minimum atomic E-state index is -2.11. The minimum absolute atomic E-state index is 0. The van der Waals surface area contributed by atoms with Gasteiger partial charge in [0.05, 0.1) is 28.3 Å². The number of furan rings is 1. The van der Waals surface area contributed by atoms with E-state index in [-0.39, 0.29) is 42.9 Å². The van der Waals surface area contributed by atoms with Crippen molar-refractivity contribution in [2.24, 2.45) is 0 Å². The Morgan fingerprint density at radius 1 is 0.656 bits per heavy atom. The van der Waals surface area contributed by atoms with E-state index in [2.05, 4.69) is 190 Å². The molecule has 0 aliphatic heterocycles. The summed E-state index contributed by atoms with van der Waals surface area (Å²) in [5.41, 5.74) is 14.9. The molecule has 7 aromatic carbocycles. The first kappa shape index (κ1) is 40.3. The van der Waals surface area contributed by atoms with Crippen molar-refractivity contribution >= 4 is 33.0 Å². The summed E-state index contributed by atoms with van der Waals surface area (Å²) in [6, 6.07) is 58.1. The molecule has 3 aromatic heterocycles. The number of para-hydroxylation sites is 2. The van der Waals surface area contributed by atoms with Crippen LogP contribution in [0.15, 0.2) is 162 Å². The van der Waals surface area contributed by atoms with Crippen LogP contribution in [0.2, 0.25) is 0 Å². The third kappa shape index (κ3) is 8.73. The Kier molecular flexibility index (Phi) is 11.5. The zero-order valence-electron chi connectivity index (χ0n) is 40.2. The fourth-order valence-electron chi connectivity index (χ4n) is 8.22. The van der Waals surface area contributed by atoms with Gasteiger partial charge in [-0.1, -0.05) is 151 Å². The first-order valence-electron chi connectivity index (χ1n) is 23.2. The maximum Gasteiger partial charge on any atom is 0.121 e. The Labute approximate surface area is 394 Å². The molecule has 0 atom stereocenters. The van der Waals surface area contributed by atoms with Crippen LogP contribution in [0.25, 0.3) is 83.7 Å². The number of nitrogens with zero attached hydrogens (tertiary/aromatic N) is 4. The van der Waals surface area contributed by atoms with Gasteiger partial charge in [0, 0.05) is 52.6 Å². The Hall–Kier alpha value is -6.46. The average molecular weight is 1020 g/mol. The molecule has 3 heterocycles. The van der Waals surface area contributed by atoms with E-state index in [9.17, 15) is 0 Å². The van der Waals surface area contributed by atoms with Gasteiger partial charge in [0.15, 0.2) is 0 Å². The second-order valence-corrected chi connectivity index (χ2v) is 17.7. The third-order valence-electron chi connectivity index (χ3n) is 11.5. The van der Waals surface area contributed by atoms with Crippen molar-refractivity contribution in [2.45, 2.75) is 72.6 Å². The van der Waals surface area contributed by atoms with Crippen LogP contribution in [0, 0.1) is 19.0 Å². The monoisotopic (exact) mass is 1020 g/mol. The number of aromatic nitrogens is 4. The van der Waals surface area contributed by atoms with E-state index in [1.165, 1.54) is 39.6 Å². The van der Waals surface area contributed by atoms with Gasteiger partial charge in [-0.25, -0.2) is 0 Å². The van der Waals surface area contributed by atoms with Gasteiger partial charge in [0.25, 0.3) is 0 Å². The zero-order valence-corrected chi connectivity index (χ0v) is 39.6. The van der Waals surface area contributed by atoms with Crippen LogP contribution in [0.4, 0.5) is 0 Å². The van der Waals surface area contributed by atoms with E-state index in [1.54, 1.807) is 18.3 Å². The SMILES string of the molecule is CC(C)c1cc(-c2ccccc2)cc(C(C)C)c1-n1c(-c2[c-]ccc3c2oc2cc(-c4ccccc4)ccc23)nc2ccccc21.[2H]C([2H])([2H])c1c[c-]c(-c2nccc(C(C)(C)C)n2)cc1.[Ir]. The summed E-state index contributed by atoms with van der Waals surface area (Å²) in [4.78, 5) is 14.1. The molecule has 1 radical (unpaired) electrons. The molecule has 0 saturated heterocycles. The number of hydrogen-bond acceptors (Lipinski definition) is 4. The molecule has 0 amide bonds. The Morgan fingerprint density at radius 2 is 1.33 bits per heavy atom. The van der Waals surface area contributed by atoms with Gasteiger partial charge in [0.1, 0.15) is 5.58 Å². The zero-order chi connectivity index (χ0) is 46.3. The number of benzene rings is 7. The molecule has 0 aliphatic rings. The van der Waals surface area contributed by atoms with Crippen LogP contribution < -0.4 is 0 Å². The molecule has 0 saturated carbocycles. The Bertz CT molecular complexity index is 3300. The first-order valence-corrected chi connectivity index (χ1v) is 21.7. The summed E-state index contributed by atoms with van der Waals surface area (Å²) < 4.78 is 31.1. The maximum absolute atomic E-state index is 7.35. The van der Waals surface area contributed by atoms with Gasteiger partial charge in [-0.05, 0) is 81.6 Å². The molecular weight excluding hydrogens is 961 g/mol. The molecule has 64 heavy (non-hydrogen) atoms. The average Bonchev–Trinajstić information content (AvgIpc) is 3.90. The molecule has 10 rings (SSSR count). The standard InChI is InChI=1S/C43H35N2O.C15H17N2.Ir/c1-27(2)36-24-32(30-16-9-6-10-17-30)25-37(28(3)4)41(36)45-39-21-12-11-20-38(39)44-43(45)35-19-13-18-34-33-23-22-31(26-40(33)46-42(34)35)29-14-7-5-8-15-29;1-11-5-7-12(8-6-11)14-16-10-9-13(17-14)15(2,3)4;/h5-18,20-28H,1-4H3;5-7,9-10H,1-4H3;/q2*-1;/i;1D3;. The van der Waals surface area contributed by atoms with Crippen molar-refractivity contribution in [3.8, 4) is 50.7 Å². The normalized spacial score (nSPS) is 12.5. The fourth-order valence-corrected chi connectivity index (χ4v) is 8.22. The van der Waals surface area contributed by atoms with Gasteiger partial charge < -0.3 is 8.98 Å². The van der Waals surface area contributed by atoms with Crippen LogP contribution in [0.5, 0.6) is 0 Å². The van der Waals surface area contributed by atoms with Crippen LogP contribution in [0.3, 0.4) is 0 Å². The summed E-state index contributed by atoms with van der Waals surface area (Å²) in [5.74, 6) is 1.97. The van der Waals surface area contributed by atoms with Crippen molar-refractivity contribution in [2.75, 3.05) is 0 Å². The smallest absolute Gasteiger partial charge is 0.121 e. The van der Waals surface area contributed by atoms with Crippen LogP contribution >= 0.6 is 0 Å². The Morgan fingerprint density at radius 3 is 1.97 bits per heavy atom. The van der Waals surface area contributed by atoms with Gasteiger partial charge in [-0.2, -0.15) is 0 Å². The fraction of sp³-hybridized carbons (Fsp3) is 0.190. The molecule has 321 valence electrons. The molecule has 0 unspecified atom stereocenters. The van der Waals surface area contributed by atoms with Gasteiger partial charge >= 0.3 is 0 Å². The quantitative estimate of drug-likeness (QED) is 0.149. The van der Waals surface area contributed by atoms with E-state index in [1.807, 2.05) is 18.2 Å². The van der Waals surface area contributed by atoms with Crippen molar-refractivity contribution in [1.29, 1.82) is 0 Å². The summed E-state index contributed by atoms with van der Waals surface area (Å²) in [7, 11) is 0. The van der Waals surface area contributed by atoms with Gasteiger partial charge in [0.2, 0.25) is 0 Å². The van der Waals surface area contributed by atoms with E-state index in [0.717, 1.165) is 55.6 Å². The topological polar surface area (TPSA) is 56.7 Å². The molecule has 0 fully saturated rings. The first-order chi connectivity index (χ1) is 31.7. The summed E-state index contributed by atoms with van der Waals surface area (Å²) >= 11 is 0. The van der Waals surface area contributed by atoms with Crippen LogP contribution in [0.1, 0.15) is 86.8 Å². The molecule has 10 aromatic rings. The van der Waals surface area contributed by atoms with E-state index in [0.29, 0.717) is 11.4 Å². The molecule has 0 spiro atoms. The van der Waals surface area contributed by atoms with Crippen molar-refractivity contribution in [1.82, 2.24) is 19.5 Å². The van der Waals surface area contributed by atoms with Gasteiger partial charge in [-0.15, -0.1) is 53.6 Å². The molecule has 0 bridgehead atoms. The van der Waals surface area contributed by atoms with E-state index in [4.69, 9.17) is 13.5 Å². The minimum Gasteiger partial charge on any atom is -0.501 e. The van der Waals surface area contributed by atoms with E-state index >= 15 is 0 Å². The predicted molar refractivity (Wildman–Crippen MR) is 261 cm³/mol. The Balaban J connectivity index is 0.000000244. The van der Waals surface area contributed by atoms with Crippen molar-refractivity contribution < 1.29 is 28.6 Å². The summed E-state index contributed by atoms with van der Waals surface area (Å²) in [6.45, 7) is 13.3.